The van der Waals surface area contributed by atoms with Crippen molar-refractivity contribution < 1.29 is 14.7 Å². The highest BCUT2D eigenvalue weighted by atomic mass is 16.4. The van der Waals surface area contributed by atoms with E-state index in [1.54, 1.807) is 6.07 Å². The maximum atomic E-state index is 12.3. The second kappa shape index (κ2) is 6.05. The minimum atomic E-state index is -0.999. The van der Waals surface area contributed by atoms with Crippen molar-refractivity contribution in [3.8, 4) is 0 Å². The number of hydrogen-bond donors (Lipinski definition) is 3. The lowest BCUT2D eigenvalue weighted by molar-refractivity contribution is -0.120. The van der Waals surface area contributed by atoms with Gasteiger partial charge >= 0.3 is 5.97 Å². The largest absolute Gasteiger partial charge is 0.478 e. The van der Waals surface area contributed by atoms with Crippen LogP contribution < -0.4 is 11.1 Å². The van der Waals surface area contributed by atoms with Gasteiger partial charge in [-0.05, 0) is 49.9 Å². The Morgan fingerprint density at radius 2 is 2.15 bits per heavy atom. The molecule has 0 radical (unpaired) electrons. The number of aromatic carboxylic acids is 1. The van der Waals surface area contributed by atoms with E-state index in [-0.39, 0.29) is 23.3 Å². The van der Waals surface area contributed by atoms with Crippen molar-refractivity contribution in [1.29, 1.82) is 0 Å². The SMILES string of the molecule is Cc1ccc(C(=O)O)cc1NC(=O)C1CCCC1CN. The summed E-state index contributed by atoms with van der Waals surface area (Å²) in [5.41, 5.74) is 7.28. The molecule has 0 heterocycles. The highest BCUT2D eigenvalue weighted by Gasteiger charge is 2.32. The molecule has 2 atom stereocenters. The van der Waals surface area contributed by atoms with E-state index in [1.807, 2.05) is 6.92 Å². The zero-order valence-electron chi connectivity index (χ0n) is 11.6. The molecule has 5 heteroatoms. The third-order valence-corrected chi connectivity index (χ3v) is 4.04. The molecule has 0 aromatic heterocycles. The summed E-state index contributed by atoms with van der Waals surface area (Å²) in [6.07, 6.45) is 2.86. The maximum absolute atomic E-state index is 12.3. The van der Waals surface area contributed by atoms with Crippen LogP contribution in [0.2, 0.25) is 0 Å². The van der Waals surface area contributed by atoms with Crippen LogP contribution in [0.4, 0.5) is 5.69 Å². The molecule has 2 unspecified atom stereocenters. The van der Waals surface area contributed by atoms with E-state index >= 15 is 0 Å². The van der Waals surface area contributed by atoms with Crippen LogP contribution in [0.25, 0.3) is 0 Å². The topological polar surface area (TPSA) is 92.4 Å². The number of anilines is 1. The molecule has 1 saturated carbocycles. The molecule has 0 bridgehead atoms. The Labute approximate surface area is 118 Å². The number of amides is 1. The van der Waals surface area contributed by atoms with Crippen LogP contribution in [0.15, 0.2) is 18.2 Å². The number of rotatable bonds is 4. The van der Waals surface area contributed by atoms with E-state index in [0.717, 1.165) is 24.8 Å². The highest BCUT2D eigenvalue weighted by molar-refractivity contribution is 5.96. The van der Waals surface area contributed by atoms with E-state index in [9.17, 15) is 9.59 Å². The number of carboxylic acids is 1. The van der Waals surface area contributed by atoms with Gasteiger partial charge < -0.3 is 16.2 Å². The highest BCUT2D eigenvalue weighted by Crippen LogP contribution is 2.32. The van der Waals surface area contributed by atoms with Crippen molar-refractivity contribution in [1.82, 2.24) is 0 Å². The van der Waals surface area contributed by atoms with Crippen LogP contribution in [-0.2, 0) is 4.79 Å². The van der Waals surface area contributed by atoms with Gasteiger partial charge in [0, 0.05) is 11.6 Å². The first kappa shape index (κ1) is 14.5. The smallest absolute Gasteiger partial charge is 0.335 e. The second-order valence-corrected chi connectivity index (χ2v) is 5.36. The first-order chi connectivity index (χ1) is 9.52. The standard InChI is InChI=1S/C15H20N2O3/c1-9-5-6-10(15(19)20)7-13(9)17-14(18)12-4-2-3-11(12)8-16/h5-7,11-12H,2-4,8,16H2,1H3,(H,17,18)(H,19,20). The third kappa shape index (κ3) is 2.99. The molecule has 0 aliphatic heterocycles. The van der Waals surface area contributed by atoms with E-state index in [2.05, 4.69) is 5.32 Å². The van der Waals surface area contributed by atoms with Crippen LogP contribution in [-0.4, -0.2) is 23.5 Å². The van der Waals surface area contributed by atoms with Crippen molar-refractivity contribution in [2.45, 2.75) is 26.2 Å². The zero-order chi connectivity index (χ0) is 14.7. The quantitative estimate of drug-likeness (QED) is 0.784. The number of benzene rings is 1. The lowest BCUT2D eigenvalue weighted by Gasteiger charge is -2.18. The number of aryl methyl sites for hydroxylation is 1. The molecule has 1 aliphatic carbocycles. The van der Waals surface area contributed by atoms with E-state index in [0.29, 0.717) is 12.2 Å². The monoisotopic (exact) mass is 276 g/mol. The Hall–Kier alpha value is -1.88. The molecule has 4 N–H and O–H groups in total. The van der Waals surface area contributed by atoms with Gasteiger partial charge in [0.05, 0.1) is 5.56 Å². The third-order valence-electron chi connectivity index (χ3n) is 4.04. The van der Waals surface area contributed by atoms with E-state index in [4.69, 9.17) is 10.8 Å². The molecule has 1 aromatic carbocycles. The molecule has 0 saturated heterocycles. The van der Waals surface area contributed by atoms with Gasteiger partial charge in [0.2, 0.25) is 5.91 Å². The number of hydrogen-bond acceptors (Lipinski definition) is 3. The molecule has 2 rings (SSSR count). The van der Waals surface area contributed by atoms with Gasteiger partial charge in [0.15, 0.2) is 0 Å². The molecular weight excluding hydrogens is 256 g/mol. The predicted octanol–water partition coefficient (Wildman–Crippen LogP) is 2.01. The van der Waals surface area contributed by atoms with Crippen molar-refractivity contribution in [2.75, 3.05) is 11.9 Å². The van der Waals surface area contributed by atoms with Gasteiger partial charge in [-0.25, -0.2) is 4.79 Å². The number of carbonyl (C=O) groups is 2. The minimum Gasteiger partial charge on any atom is -0.478 e. The van der Waals surface area contributed by atoms with Crippen LogP contribution in [0, 0.1) is 18.8 Å². The van der Waals surface area contributed by atoms with Gasteiger partial charge in [-0.3, -0.25) is 4.79 Å². The molecule has 1 amide bonds. The van der Waals surface area contributed by atoms with Crippen molar-refractivity contribution in [3.63, 3.8) is 0 Å². The van der Waals surface area contributed by atoms with Crippen LogP contribution in [0.3, 0.4) is 0 Å². The van der Waals surface area contributed by atoms with Gasteiger partial charge in [-0.15, -0.1) is 0 Å². The number of nitrogens with two attached hydrogens (primary N) is 1. The summed E-state index contributed by atoms with van der Waals surface area (Å²) in [6, 6.07) is 4.74. The molecule has 1 fully saturated rings. The predicted molar refractivity (Wildman–Crippen MR) is 76.7 cm³/mol. The molecule has 0 spiro atoms. The number of carbonyl (C=O) groups excluding carboxylic acids is 1. The Balaban J connectivity index is 2.15. The summed E-state index contributed by atoms with van der Waals surface area (Å²) in [4.78, 5) is 23.3. The Kier molecular flexibility index (Phi) is 4.39. The van der Waals surface area contributed by atoms with Crippen molar-refractivity contribution in [2.24, 2.45) is 17.6 Å². The van der Waals surface area contributed by atoms with Gasteiger partial charge in [-0.1, -0.05) is 12.5 Å². The van der Waals surface area contributed by atoms with Gasteiger partial charge in [0.25, 0.3) is 0 Å². The summed E-state index contributed by atoms with van der Waals surface area (Å²) in [5.74, 6) is -0.879. The summed E-state index contributed by atoms with van der Waals surface area (Å²) < 4.78 is 0. The average Bonchev–Trinajstić information content (AvgIpc) is 2.89. The van der Waals surface area contributed by atoms with Gasteiger partial charge in [-0.2, -0.15) is 0 Å². The fourth-order valence-electron chi connectivity index (χ4n) is 2.78. The Morgan fingerprint density at radius 3 is 2.80 bits per heavy atom. The lowest BCUT2D eigenvalue weighted by atomic mass is 9.95. The molecule has 1 aromatic rings. The van der Waals surface area contributed by atoms with Crippen molar-refractivity contribution >= 4 is 17.6 Å². The lowest BCUT2D eigenvalue weighted by Crippen LogP contribution is -2.30. The maximum Gasteiger partial charge on any atom is 0.335 e. The second-order valence-electron chi connectivity index (χ2n) is 5.36. The molecule has 20 heavy (non-hydrogen) atoms. The minimum absolute atomic E-state index is 0.0522. The van der Waals surface area contributed by atoms with E-state index in [1.165, 1.54) is 12.1 Å². The van der Waals surface area contributed by atoms with E-state index < -0.39 is 5.97 Å². The number of nitrogens with one attached hydrogen (secondary N) is 1. The van der Waals surface area contributed by atoms with Crippen molar-refractivity contribution in [3.05, 3.63) is 29.3 Å². The summed E-state index contributed by atoms with van der Waals surface area (Å²) in [7, 11) is 0. The summed E-state index contributed by atoms with van der Waals surface area (Å²) >= 11 is 0. The molecule has 5 nitrogen and oxygen atoms in total. The fourth-order valence-corrected chi connectivity index (χ4v) is 2.78. The summed E-state index contributed by atoms with van der Waals surface area (Å²) in [6.45, 7) is 2.36. The van der Waals surface area contributed by atoms with Gasteiger partial charge in [0.1, 0.15) is 0 Å². The van der Waals surface area contributed by atoms with Crippen LogP contribution in [0.5, 0.6) is 0 Å². The average molecular weight is 276 g/mol. The Morgan fingerprint density at radius 1 is 1.40 bits per heavy atom. The molecule has 1 aliphatic rings. The van der Waals surface area contributed by atoms with Crippen LogP contribution in [0.1, 0.15) is 35.2 Å². The first-order valence-corrected chi connectivity index (χ1v) is 6.87. The summed E-state index contributed by atoms with van der Waals surface area (Å²) in [5, 5.41) is 11.9. The fraction of sp³-hybridized carbons (Fsp3) is 0.467. The Bertz CT molecular complexity index is 528. The molecular formula is C15H20N2O3. The number of carboxylic acid groups (broad SMARTS) is 1. The molecule has 108 valence electrons. The zero-order valence-corrected chi connectivity index (χ0v) is 11.6. The first-order valence-electron chi connectivity index (χ1n) is 6.87. The normalized spacial score (nSPS) is 21.7. The van der Waals surface area contributed by atoms with Crippen LogP contribution >= 0.6 is 0 Å².